The highest BCUT2D eigenvalue weighted by atomic mass is 16.5. The summed E-state index contributed by atoms with van der Waals surface area (Å²) in [5.41, 5.74) is 1.45. The Labute approximate surface area is 102 Å². The van der Waals surface area contributed by atoms with Gasteiger partial charge in [0, 0.05) is 5.56 Å². The number of carbonyl (C=O) groups is 1. The van der Waals surface area contributed by atoms with E-state index < -0.39 is 0 Å². The normalized spacial score (nSPS) is 23.8. The summed E-state index contributed by atoms with van der Waals surface area (Å²) in [7, 11) is 1.62. The van der Waals surface area contributed by atoms with Gasteiger partial charge in [0.1, 0.15) is 5.75 Å². The molecule has 0 radical (unpaired) electrons. The molecule has 0 heterocycles. The van der Waals surface area contributed by atoms with Crippen molar-refractivity contribution in [2.45, 2.75) is 26.2 Å². The van der Waals surface area contributed by atoms with Gasteiger partial charge >= 0.3 is 0 Å². The zero-order chi connectivity index (χ0) is 12.5. The van der Waals surface area contributed by atoms with Crippen LogP contribution >= 0.6 is 0 Å². The van der Waals surface area contributed by atoms with E-state index in [0.717, 1.165) is 36.1 Å². The number of ether oxygens (including phenoxy) is 1. The van der Waals surface area contributed by atoms with Crippen LogP contribution < -0.4 is 4.74 Å². The molecule has 1 atom stereocenters. The molecule has 0 unspecified atom stereocenters. The van der Waals surface area contributed by atoms with Gasteiger partial charge in [-0.25, -0.2) is 0 Å². The maximum Gasteiger partial charge on any atom is 0.172 e. The second-order valence-electron chi connectivity index (χ2n) is 4.85. The van der Waals surface area contributed by atoms with E-state index in [-0.39, 0.29) is 11.2 Å². The highest BCUT2D eigenvalue weighted by molar-refractivity contribution is 6.02. The maximum absolute atomic E-state index is 12.5. The fourth-order valence-electron chi connectivity index (χ4n) is 2.44. The number of rotatable bonds is 3. The van der Waals surface area contributed by atoms with Gasteiger partial charge in [0.25, 0.3) is 0 Å². The predicted molar refractivity (Wildman–Crippen MR) is 68.4 cm³/mol. The third-order valence-electron chi connectivity index (χ3n) is 3.79. The van der Waals surface area contributed by atoms with Crippen LogP contribution in [0.4, 0.5) is 0 Å². The summed E-state index contributed by atoms with van der Waals surface area (Å²) < 4.78 is 5.09. The summed E-state index contributed by atoms with van der Waals surface area (Å²) >= 11 is 0. The molecule has 1 fully saturated rings. The Morgan fingerprint density at radius 1 is 1.35 bits per heavy atom. The molecule has 2 nitrogen and oxygen atoms in total. The van der Waals surface area contributed by atoms with Gasteiger partial charge < -0.3 is 4.74 Å². The quantitative estimate of drug-likeness (QED) is 0.585. The molecule has 1 aliphatic rings. The van der Waals surface area contributed by atoms with E-state index in [1.54, 1.807) is 7.11 Å². The lowest BCUT2D eigenvalue weighted by atomic mass is 9.78. The maximum atomic E-state index is 12.5. The van der Waals surface area contributed by atoms with Gasteiger partial charge in [-0.15, -0.1) is 0 Å². The van der Waals surface area contributed by atoms with Gasteiger partial charge in [-0.1, -0.05) is 12.2 Å². The van der Waals surface area contributed by atoms with Crippen molar-refractivity contribution in [2.24, 2.45) is 5.41 Å². The average Bonchev–Trinajstić information content (AvgIpc) is 2.70. The van der Waals surface area contributed by atoms with Crippen LogP contribution in [0, 0.1) is 5.41 Å². The molecular weight excluding hydrogens is 212 g/mol. The number of Topliss-reactive ketones (excluding diaryl/α,β-unsaturated/α-hetero) is 1. The summed E-state index contributed by atoms with van der Waals surface area (Å²) in [5.74, 6) is 0.958. The fraction of sp³-hybridized carbons (Fsp3) is 0.400. The SMILES string of the molecule is C=C1CCC[C@@]1(C)C(=O)c1ccc(OC)cc1. The second kappa shape index (κ2) is 4.36. The Bertz CT molecular complexity index is 444. The minimum Gasteiger partial charge on any atom is -0.497 e. The lowest BCUT2D eigenvalue weighted by Crippen LogP contribution is -2.25. The van der Waals surface area contributed by atoms with Crippen LogP contribution in [0.2, 0.25) is 0 Å². The number of methoxy groups -OCH3 is 1. The highest BCUT2D eigenvalue weighted by Crippen LogP contribution is 2.43. The smallest absolute Gasteiger partial charge is 0.172 e. The van der Waals surface area contributed by atoms with E-state index in [1.807, 2.05) is 31.2 Å². The molecule has 0 aromatic heterocycles. The summed E-state index contributed by atoms with van der Waals surface area (Å²) in [6.45, 7) is 6.05. The topological polar surface area (TPSA) is 26.3 Å². The highest BCUT2D eigenvalue weighted by Gasteiger charge is 2.39. The molecule has 0 aliphatic heterocycles. The van der Waals surface area contributed by atoms with Crippen molar-refractivity contribution in [3.05, 3.63) is 42.0 Å². The zero-order valence-electron chi connectivity index (χ0n) is 10.5. The molecule has 2 rings (SSSR count). The monoisotopic (exact) mass is 230 g/mol. The molecule has 90 valence electrons. The van der Waals surface area contributed by atoms with Crippen LogP contribution in [0.5, 0.6) is 5.75 Å². The van der Waals surface area contributed by atoms with Crippen molar-refractivity contribution < 1.29 is 9.53 Å². The van der Waals surface area contributed by atoms with E-state index in [2.05, 4.69) is 6.58 Å². The van der Waals surface area contributed by atoms with Crippen LogP contribution in [0.1, 0.15) is 36.5 Å². The third-order valence-corrected chi connectivity index (χ3v) is 3.79. The Morgan fingerprint density at radius 3 is 2.47 bits per heavy atom. The average molecular weight is 230 g/mol. The molecule has 0 amide bonds. The first-order valence-corrected chi connectivity index (χ1v) is 5.95. The number of allylic oxidation sites excluding steroid dienone is 1. The minimum absolute atomic E-state index is 0.183. The van der Waals surface area contributed by atoms with Crippen molar-refractivity contribution >= 4 is 5.78 Å². The van der Waals surface area contributed by atoms with Gasteiger partial charge in [0.2, 0.25) is 0 Å². The molecule has 1 aromatic rings. The number of ketones is 1. The number of hydrogen-bond donors (Lipinski definition) is 0. The van der Waals surface area contributed by atoms with E-state index in [1.165, 1.54) is 0 Å². The third kappa shape index (κ3) is 1.99. The lowest BCUT2D eigenvalue weighted by Gasteiger charge is -2.23. The molecule has 0 N–H and O–H groups in total. The summed E-state index contributed by atoms with van der Waals surface area (Å²) in [6, 6.07) is 7.32. The first-order valence-electron chi connectivity index (χ1n) is 5.95. The molecule has 1 aliphatic carbocycles. The summed E-state index contributed by atoms with van der Waals surface area (Å²) in [4.78, 5) is 12.5. The molecule has 1 aromatic carbocycles. The van der Waals surface area contributed by atoms with E-state index in [0.29, 0.717) is 0 Å². The van der Waals surface area contributed by atoms with Crippen LogP contribution in [-0.4, -0.2) is 12.9 Å². The van der Waals surface area contributed by atoms with Gasteiger partial charge in [0.15, 0.2) is 5.78 Å². The van der Waals surface area contributed by atoms with Gasteiger partial charge in [0.05, 0.1) is 12.5 Å². The predicted octanol–water partition coefficient (Wildman–Crippen LogP) is 3.62. The lowest BCUT2D eigenvalue weighted by molar-refractivity contribution is 0.0864. The molecule has 0 bridgehead atoms. The standard InChI is InChI=1S/C15H18O2/c1-11-5-4-10-15(11,2)14(16)12-6-8-13(17-3)9-7-12/h6-9H,1,4-5,10H2,2-3H3/t15-/m1/s1. The van der Waals surface area contributed by atoms with Gasteiger partial charge in [-0.2, -0.15) is 0 Å². The van der Waals surface area contributed by atoms with E-state index in [4.69, 9.17) is 4.74 Å². The van der Waals surface area contributed by atoms with Crippen molar-refractivity contribution in [1.82, 2.24) is 0 Å². The molecule has 0 saturated heterocycles. The fourth-order valence-corrected chi connectivity index (χ4v) is 2.44. The van der Waals surface area contributed by atoms with Crippen LogP contribution in [-0.2, 0) is 0 Å². The van der Waals surface area contributed by atoms with Crippen molar-refractivity contribution in [3.8, 4) is 5.75 Å². The Kier molecular flexibility index (Phi) is 3.05. The molecular formula is C15H18O2. The number of carbonyl (C=O) groups excluding carboxylic acids is 1. The Hall–Kier alpha value is -1.57. The largest absolute Gasteiger partial charge is 0.497 e. The molecule has 0 spiro atoms. The first-order chi connectivity index (χ1) is 8.08. The van der Waals surface area contributed by atoms with Gasteiger partial charge in [-0.3, -0.25) is 4.79 Å². The van der Waals surface area contributed by atoms with Crippen molar-refractivity contribution in [1.29, 1.82) is 0 Å². The van der Waals surface area contributed by atoms with E-state index in [9.17, 15) is 4.79 Å². The van der Waals surface area contributed by atoms with Crippen molar-refractivity contribution in [3.63, 3.8) is 0 Å². The van der Waals surface area contributed by atoms with Gasteiger partial charge in [-0.05, 0) is 50.5 Å². The number of benzene rings is 1. The number of hydrogen-bond acceptors (Lipinski definition) is 2. The van der Waals surface area contributed by atoms with E-state index >= 15 is 0 Å². The summed E-state index contributed by atoms with van der Waals surface area (Å²) in [6.07, 6.45) is 2.95. The summed E-state index contributed by atoms with van der Waals surface area (Å²) in [5, 5.41) is 0. The molecule has 17 heavy (non-hydrogen) atoms. The Morgan fingerprint density at radius 2 is 2.00 bits per heavy atom. The molecule has 1 saturated carbocycles. The van der Waals surface area contributed by atoms with Crippen molar-refractivity contribution in [2.75, 3.05) is 7.11 Å². The molecule has 2 heteroatoms. The zero-order valence-corrected chi connectivity index (χ0v) is 10.5. The van der Waals surface area contributed by atoms with Crippen LogP contribution in [0.25, 0.3) is 0 Å². The Balaban J connectivity index is 2.27. The minimum atomic E-state index is -0.366. The second-order valence-corrected chi connectivity index (χ2v) is 4.85. The van der Waals surface area contributed by atoms with Crippen LogP contribution in [0.15, 0.2) is 36.4 Å². The van der Waals surface area contributed by atoms with Crippen LogP contribution in [0.3, 0.4) is 0 Å². The first kappa shape index (κ1) is 11.9.